The molecule has 6 heteroatoms. The van der Waals surface area contributed by atoms with Crippen LogP contribution in [0.2, 0.25) is 0 Å². The van der Waals surface area contributed by atoms with Crippen molar-refractivity contribution in [1.29, 1.82) is 0 Å². The van der Waals surface area contributed by atoms with Gasteiger partial charge in [-0.05, 0) is 31.9 Å². The van der Waals surface area contributed by atoms with Gasteiger partial charge in [0, 0.05) is 23.3 Å². The number of fused-ring (bicyclic) bond motifs is 2. The van der Waals surface area contributed by atoms with Gasteiger partial charge in [-0.2, -0.15) is 0 Å². The number of hydrogen-bond acceptors (Lipinski definition) is 4. The molecular weight excluding hydrogens is 352 g/mol. The third kappa shape index (κ3) is 2.56. The summed E-state index contributed by atoms with van der Waals surface area (Å²) in [5.41, 5.74) is 6.20. The maximum Gasteiger partial charge on any atom is 0.241 e. The number of furan rings is 1. The molecule has 1 aromatic carbocycles. The van der Waals surface area contributed by atoms with Gasteiger partial charge in [-0.1, -0.05) is 32.0 Å². The van der Waals surface area contributed by atoms with Crippen LogP contribution in [0.15, 0.2) is 34.7 Å². The molecule has 26 heavy (non-hydrogen) atoms. The van der Waals surface area contributed by atoms with E-state index in [9.17, 15) is 4.79 Å². The lowest BCUT2D eigenvalue weighted by molar-refractivity contribution is -0.225. The van der Waals surface area contributed by atoms with E-state index in [4.69, 9.17) is 14.9 Å². The van der Waals surface area contributed by atoms with E-state index in [-0.39, 0.29) is 41.8 Å². The Bertz CT molecular complexity index is 785. The lowest BCUT2D eigenvalue weighted by Gasteiger charge is -2.65. The summed E-state index contributed by atoms with van der Waals surface area (Å²) in [6.45, 7) is 6.76. The van der Waals surface area contributed by atoms with Crippen LogP contribution >= 0.6 is 12.4 Å². The third-order valence-electron chi connectivity index (χ3n) is 6.28. The van der Waals surface area contributed by atoms with Crippen LogP contribution < -0.4 is 11.1 Å². The van der Waals surface area contributed by atoms with E-state index in [1.165, 1.54) is 0 Å². The molecule has 1 amide bonds. The summed E-state index contributed by atoms with van der Waals surface area (Å²) in [6, 6.07) is 9.58. The summed E-state index contributed by atoms with van der Waals surface area (Å²) in [7, 11) is 0. The van der Waals surface area contributed by atoms with E-state index < -0.39 is 5.54 Å². The quantitative estimate of drug-likeness (QED) is 0.855. The highest BCUT2D eigenvalue weighted by molar-refractivity contribution is 5.90. The van der Waals surface area contributed by atoms with E-state index in [0.29, 0.717) is 0 Å². The molecule has 4 unspecified atom stereocenters. The lowest BCUT2D eigenvalue weighted by Crippen LogP contribution is -2.82. The van der Waals surface area contributed by atoms with Crippen molar-refractivity contribution in [2.45, 2.75) is 51.3 Å². The summed E-state index contributed by atoms with van der Waals surface area (Å²) >= 11 is 0. The first-order valence-electron chi connectivity index (χ1n) is 9.05. The Morgan fingerprint density at radius 2 is 2.08 bits per heavy atom. The Hall–Kier alpha value is -1.56. The number of rotatable bonds is 3. The zero-order valence-electron chi connectivity index (χ0n) is 15.5. The van der Waals surface area contributed by atoms with E-state index in [0.717, 1.165) is 36.2 Å². The number of ether oxygens (including phenoxy) is 1. The van der Waals surface area contributed by atoms with Crippen molar-refractivity contribution in [1.82, 2.24) is 5.32 Å². The SMILES string of the molecule is CC(NC(=O)C1(N)C2CCCOC2C1(C)C)c1cc2ccccc2o1.Cl. The minimum absolute atomic E-state index is 0. The number of hydrogen-bond donors (Lipinski definition) is 2. The monoisotopic (exact) mass is 378 g/mol. The maximum atomic E-state index is 13.1. The average molecular weight is 379 g/mol. The zero-order chi connectivity index (χ0) is 17.8. The molecule has 5 nitrogen and oxygen atoms in total. The molecule has 0 spiro atoms. The van der Waals surface area contributed by atoms with Crippen molar-refractivity contribution in [2.24, 2.45) is 17.1 Å². The van der Waals surface area contributed by atoms with Crippen LogP contribution in [0.5, 0.6) is 0 Å². The van der Waals surface area contributed by atoms with Crippen LogP contribution in [0.4, 0.5) is 0 Å². The molecule has 2 fully saturated rings. The van der Waals surface area contributed by atoms with Crippen LogP contribution in [-0.2, 0) is 9.53 Å². The van der Waals surface area contributed by atoms with Crippen LogP contribution in [0.25, 0.3) is 11.0 Å². The highest BCUT2D eigenvalue weighted by Crippen LogP contribution is 2.57. The molecule has 4 rings (SSSR count). The Balaban J connectivity index is 0.00000196. The van der Waals surface area contributed by atoms with Crippen molar-refractivity contribution in [3.8, 4) is 0 Å². The van der Waals surface area contributed by atoms with E-state index in [2.05, 4.69) is 5.32 Å². The Morgan fingerprint density at radius 1 is 1.35 bits per heavy atom. The second kappa shape index (κ2) is 6.55. The molecule has 0 bridgehead atoms. The molecule has 2 aromatic rings. The summed E-state index contributed by atoms with van der Waals surface area (Å²) in [5.74, 6) is 0.711. The van der Waals surface area contributed by atoms with Crippen LogP contribution in [-0.4, -0.2) is 24.2 Å². The van der Waals surface area contributed by atoms with Gasteiger partial charge in [0.25, 0.3) is 0 Å². The summed E-state index contributed by atoms with van der Waals surface area (Å²) in [5, 5.41) is 4.11. The second-order valence-corrected chi connectivity index (χ2v) is 8.01. The van der Waals surface area contributed by atoms with Gasteiger partial charge >= 0.3 is 0 Å². The predicted molar refractivity (Wildman–Crippen MR) is 103 cm³/mol. The van der Waals surface area contributed by atoms with Gasteiger partial charge in [0.2, 0.25) is 5.91 Å². The first-order valence-corrected chi connectivity index (χ1v) is 9.05. The highest BCUT2D eigenvalue weighted by Gasteiger charge is 2.70. The molecule has 1 saturated carbocycles. The molecule has 1 saturated heterocycles. The van der Waals surface area contributed by atoms with Gasteiger partial charge in [-0.3, -0.25) is 4.79 Å². The minimum atomic E-state index is -0.904. The van der Waals surface area contributed by atoms with E-state index in [1.54, 1.807) is 0 Å². The molecule has 1 aromatic heterocycles. The topological polar surface area (TPSA) is 77.5 Å². The summed E-state index contributed by atoms with van der Waals surface area (Å²) in [6.07, 6.45) is 1.97. The number of carbonyl (C=O) groups is 1. The molecule has 1 aliphatic carbocycles. The highest BCUT2D eigenvalue weighted by atomic mass is 35.5. The fourth-order valence-corrected chi connectivity index (χ4v) is 4.64. The molecule has 4 atom stereocenters. The normalized spacial score (nSPS) is 30.6. The van der Waals surface area contributed by atoms with Gasteiger partial charge in [-0.25, -0.2) is 0 Å². The number of amides is 1. The maximum absolute atomic E-state index is 13.1. The predicted octanol–water partition coefficient (Wildman–Crippen LogP) is 3.56. The Kier molecular flexibility index (Phi) is 4.84. The van der Waals surface area contributed by atoms with Crippen molar-refractivity contribution in [3.63, 3.8) is 0 Å². The molecule has 3 N–H and O–H groups in total. The second-order valence-electron chi connectivity index (χ2n) is 8.01. The number of nitrogens with two attached hydrogens (primary N) is 1. The van der Waals surface area contributed by atoms with Crippen LogP contribution in [0.1, 0.15) is 45.4 Å². The number of halogens is 1. The largest absolute Gasteiger partial charge is 0.459 e. The molecule has 0 radical (unpaired) electrons. The van der Waals surface area contributed by atoms with Gasteiger partial charge in [0.1, 0.15) is 16.9 Å². The summed E-state index contributed by atoms with van der Waals surface area (Å²) < 4.78 is 11.8. The van der Waals surface area contributed by atoms with Crippen molar-refractivity contribution in [3.05, 3.63) is 36.1 Å². The Morgan fingerprint density at radius 3 is 2.81 bits per heavy atom. The van der Waals surface area contributed by atoms with Crippen molar-refractivity contribution in [2.75, 3.05) is 6.61 Å². The van der Waals surface area contributed by atoms with E-state index >= 15 is 0 Å². The number of nitrogens with one attached hydrogen (secondary N) is 1. The zero-order valence-corrected chi connectivity index (χ0v) is 16.3. The smallest absolute Gasteiger partial charge is 0.241 e. The minimum Gasteiger partial charge on any atom is -0.459 e. The molecule has 2 heterocycles. The number of benzene rings is 1. The average Bonchev–Trinajstić information content (AvgIpc) is 3.05. The van der Waals surface area contributed by atoms with Crippen LogP contribution in [0.3, 0.4) is 0 Å². The van der Waals surface area contributed by atoms with Crippen molar-refractivity contribution < 1.29 is 13.9 Å². The lowest BCUT2D eigenvalue weighted by atomic mass is 9.46. The first kappa shape index (κ1) is 19.2. The van der Waals surface area contributed by atoms with Crippen LogP contribution in [0, 0.1) is 11.3 Å². The van der Waals surface area contributed by atoms with Gasteiger partial charge in [0.05, 0.1) is 12.1 Å². The molecular formula is C20H27ClN2O3. The standard InChI is InChI=1S/C20H26N2O3.ClH/c1-12(16-11-13-7-4-5-9-15(13)25-16)22-18(23)20(21)14-8-6-10-24-17(14)19(20,2)3;/h4-5,7,9,11-12,14,17H,6,8,10,21H2,1-3H3,(H,22,23);1H. The molecule has 142 valence electrons. The first-order chi connectivity index (χ1) is 11.9. The fraction of sp³-hybridized carbons (Fsp3) is 0.550. The third-order valence-corrected chi connectivity index (χ3v) is 6.28. The summed E-state index contributed by atoms with van der Waals surface area (Å²) in [4.78, 5) is 13.1. The number of para-hydroxylation sites is 1. The van der Waals surface area contributed by atoms with Gasteiger partial charge in [0.15, 0.2) is 0 Å². The Labute approximate surface area is 160 Å². The van der Waals surface area contributed by atoms with Gasteiger partial charge in [-0.15, -0.1) is 12.4 Å². The number of carbonyl (C=O) groups excluding carboxylic acids is 1. The van der Waals surface area contributed by atoms with Gasteiger partial charge < -0.3 is 20.2 Å². The fourth-order valence-electron chi connectivity index (χ4n) is 4.64. The molecule has 1 aliphatic heterocycles. The molecule has 2 aliphatic rings. The van der Waals surface area contributed by atoms with E-state index in [1.807, 2.05) is 51.1 Å². The van der Waals surface area contributed by atoms with Crippen molar-refractivity contribution >= 4 is 29.3 Å².